The summed E-state index contributed by atoms with van der Waals surface area (Å²) in [5.41, 5.74) is 4.96. The van der Waals surface area contributed by atoms with Crippen molar-refractivity contribution in [2.24, 2.45) is 5.41 Å². The molecule has 21 heavy (non-hydrogen) atoms. The van der Waals surface area contributed by atoms with E-state index in [1.165, 1.54) is 11.4 Å². The molecular formula is C16H28BN4. The zero-order valence-corrected chi connectivity index (χ0v) is 14.9. The molecule has 0 saturated heterocycles. The quantitative estimate of drug-likeness (QED) is 0.782. The van der Waals surface area contributed by atoms with E-state index in [1.54, 1.807) is 0 Å². The van der Waals surface area contributed by atoms with E-state index in [0.717, 1.165) is 11.4 Å². The predicted octanol–water partition coefficient (Wildman–Crippen LogP) is 2.29. The van der Waals surface area contributed by atoms with Crippen molar-refractivity contribution in [2.45, 2.75) is 60.8 Å². The largest absolute Gasteiger partial charge is 0.421 e. The van der Waals surface area contributed by atoms with Crippen LogP contribution in [0.2, 0.25) is 0 Å². The number of hydrogen-bond acceptors (Lipinski definition) is 3. The van der Waals surface area contributed by atoms with Crippen LogP contribution in [0.15, 0.2) is 17.8 Å². The standard InChI is InChI=1S/C16H28BN4/c1-11-9-13(15(3,4)5)18-20(11)17-21-12(2)10-14(19-21)16(6,7)8/h9-10H,17H2,1-8H3. The molecule has 0 aliphatic carbocycles. The smallest absolute Gasteiger partial charge is 0.289 e. The maximum atomic E-state index is 4.80. The van der Waals surface area contributed by atoms with Crippen molar-refractivity contribution in [2.75, 3.05) is 0 Å². The highest BCUT2D eigenvalue weighted by Gasteiger charge is 2.33. The SMILES string of the molecule is CC1=CC(C(C)(C)C)=[N+]N1[BH2-]n1nc(C(C)(C)C)cc1C. The number of rotatable bonds is 2. The zero-order valence-electron chi connectivity index (χ0n) is 14.9. The fourth-order valence-electron chi connectivity index (χ4n) is 2.44. The monoisotopic (exact) mass is 287 g/mol. The summed E-state index contributed by atoms with van der Waals surface area (Å²) in [6, 6.07) is 2.20. The van der Waals surface area contributed by atoms with Gasteiger partial charge in [-0.05, 0) is 46.4 Å². The van der Waals surface area contributed by atoms with E-state index in [0.29, 0.717) is 0 Å². The number of aryl methyl sites for hydroxylation is 1. The second kappa shape index (κ2) is 5.04. The Morgan fingerprint density at radius 2 is 1.67 bits per heavy atom. The van der Waals surface area contributed by atoms with E-state index in [2.05, 4.69) is 77.0 Å². The Hall–Kier alpha value is -1.52. The first-order valence-electron chi connectivity index (χ1n) is 7.84. The molecule has 1 aromatic heterocycles. The summed E-state index contributed by atoms with van der Waals surface area (Å²) in [7, 11) is -0.613. The summed E-state index contributed by atoms with van der Waals surface area (Å²) in [6.45, 7) is 17.5. The van der Waals surface area contributed by atoms with Gasteiger partial charge in [-0.25, -0.2) is 10.0 Å². The summed E-state index contributed by atoms with van der Waals surface area (Å²) in [5, 5.41) is 9.60. The van der Waals surface area contributed by atoms with Crippen molar-refractivity contribution in [3.63, 3.8) is 0 Å². The van der Waals surface area contributed by atoms with Gasteiger partial charge in [-0.3, -0.25) is 0 Å². The van der Waals surface area contributed by atoms with Gasteiger partial charge < -0.3 is 4.59 Å². The van der Waals surface area contributed by atoms with E-state index in [1.807, 2.05) is 0 Å². The predicted molar refractivity (Wildman–Crippen MR) is 91.8 cm³/mol. The third-order valence-electron chi connectivity index (χ3n) is 4.14. The van der Waals surface area contributed by atoms with Crippen LogP contribution in [0, 0.1) is 12.3 Å². The Balaban J connectivity index is 2.22. The van der Waals surface area contributed by atoms with Crippen LogP contribution >= 0.6 is 0 Å². The number of aromatic nitrogens is 2. The number of allylic oxidation sites excluding steroid dienone is 2. The summed E-state index contributed by atoms with van der Waals surface area (Å²) >= 11 is 0. The van der Waals surface area contributed by atoms with Gasteiger partial charge in [0.15, 0.2) is 0 Å². The molecule has 1 radical (unpaired) electrons. The maximum absolute atomic E-state index is 4.80. The van der Waals surface area contributed by atoms with Crippen LogP contribution in [0.25, 0.3) is 0 Å². The summed E-state index contributed by atoms with van der Waals surface area (Å²) in [4.78, 5) is 2.16. The van der Waals surface area contributed by atoms with Crippen LogP contribution in [0.1, 0.15) is 59.9 Å². The average molecular weight is 287 g/mol. The highest BCUT2D eigenvalue weighted by atomic mass is 15.5. The topological polar surface area (TPSA) is 35.2 Å². The molecule has 0 atom stereocenters. The van der Waals surface area contributed by atoms with Crippen molar-refractivity contribution < 1.29 is 0 Å². The van der Waals surface area contributed by atoms with Gasteiger partial charge in [0, 0.05) is 17.2 Å². The Morgan fingerprint density at radius 3 is 2.10 bits per heavy atom. The molecule has 4 nitrogen and oxygen atoms in total. The molecular weight excluding hydrogens is 259 g/mol. The van der Waals surface area contributed by atoms with Gasteiger partial charge >= 0.3 is 0 Å². The van der Waals surface area contributed by atoms with Crippen LogP contribution in [-0.4, -0.2) is 27.9 Å². The molecule has 2 rings (SSSR count). The van der Waals surface area contributed by atoms with E-state index in [9.17, 15) is 0 Å². The minimum Gasteiger partial charge on any atom is -0.421 e. The Bertz CT molecular complexity index is 597. The van der Waals surface area contributed by atoms with Crippen molar-refractivity contribution >= 4 is 13.3 Å². The first kappa shape index (κ1) is 15.9. The van der Waals surface area contributed by atoms with Gasteiger partial charge in [0.1, 0.15) is 5.10 Å². The third-order valence-corrected chi connectivity index (χ3v) is 4.14. The van der Waals surface area contributed by atoms with E-state index < -0.39 is 7.55 Å². The molecule has 0 unspecified atom stereocenters. The molecule has 1 aliphatic rings. The van der Waals surface area contributed by atoms with Crippen molar-refractivity contribution in [1.82, 2.24) is 19.7 Å². The molecule has 0 aromatic carbocycles. The normalized spacial score (nSPS) is 16.3. The van der Waals surface area contributed by atoms with Crippen LogP contribution in [0.4, 0.5) is 0 Å². The third kappa shape index (κ3) is 3.39. The molecule has 0 bridgehead atoms. The molecule has 2 heterocycles. The minimum atomic E-state index is -0.613. The fourth-order valence-corrected chi connectivity index (χ4v) is 2.44. The van der Waals surface area contributed by atoms with Crippen molar-refractivity contribution in [1.29, 1.82) is 0 Å². The molecule has 1 aromatic rings. The minimum absolute atomic E-state index is 0.0951. The fraction of sp³-hybridized carbons (Fsp3) is 0.625. The Morgan fingerprint density at radius 1 is 1.05 bits per heavy atom. The van der Waals surface area contributed by atoms with Crippen LogP contribution < -0.4 is 5.10 Å². The maximum Gasteiger partial charge on any atom is 0.289 e. The first-order chi connectivity index (χ1) is 9.48. The van der Waals surface area contributed by atoms with E-state index in [4.69, 9.17) is 10.2 Å². The second-order valence-corrected chi connectivity index (χ2v) is 8.29. The van der Waals surface area contributed by atoms with E-state index >= 15 is 0 Å². The molecule has 0 fully saturated rings. The van der Waals surface area contributed by atoms with Gasteiger partial charge in [-0.2, -0.15) is 0 Å². The highest BCUT2D eigenvalue weighted by molar-refractivity contribution is 6.31. The lowest BCUT2D eigenvalue weighted by atomic mass is 9.90. The summed E-state index contributed by atoms with van der Waals surface area (Å²) in [6.07, 6.45) is 2.20. The van der Waals surface area contributed by atoms with Gasteiger partial charge in [-0.1, -0.05) is 20.8 Å². The Kier molecular flexibility index (Phi) is 3.81. The lowest BCUT2D eigenvalue weighted by Crippen LogP contribution is -2.34. The van der Waals surface area contributed by atoms with Gasteiger partial charge in [0.25, 0.3) is 13.3 Å². The highest BCUT2D eigenvalue weighted by Crippen LogP contribution is 2.23. The lowest BCUT2D eigenvalue weighted by Gasteiger charge is -2.18. The molecule has 5 heteroatoms. The van der Waals surface area contributed by atoms with Gasteiger partial charge in [0.2, 0.25) is 0 Å². The van der Waals surface area contributed by atoms with Crippen LogP contribution in [0.5, 0.6) is 0 Å². The summed E-state index contributed by atoms with van der Waals surface area (Å²) in [5.74, 6) is 0. The molecule has 0 saturated carbocycles. The summed E-state index contributed by atoms with van der Waals surface area (Å²) < 4.78 is 2.16. The number of nitrogens with zero attached hydrogens (tertiary/aromatic N) is 4. The Labute approximate surface area is 129 Å². The number of hydrazone groups is 1. The van der Waals surface area contributed by atoms with Crippen LogP contribution in [0.3, 0.4) is 0 Å². The first-order valence-corrected chi connectivity index (χ1v) is 7.84. The molecule has 1 aliphatic heterocycles. The second-order valence-electron chi connectivity index (χ2n) is 8.29. The zero-order chi connectivity index (χ0) is 16.0. The van der Waals surface area contributed by atoms with Gasteiger partial charge in [-0.15, -0.1) is 0 Å². The van der Waals surface area contributed by atoms with E-state index in [-0.39, 0.29) is 10.8 Å². The average Bonchev–Trinajstić information content (AvgIpc) is 2.84. The number of hydrogen-bond donors (Lipinski definition) is 0. The molecule has 0 spiro atoms. The molecule has 0 amide bonds. The van der Waals surface area contributed by atoms with Crippen molar-refractivity contribution in [3.8, 4) is 0 Å². The van der Waals surface area contributed by atoms with Crippen LogP contribution in [-0.2, 0) is 5.41 Å². The van der Waals surface area contributed by atoms with Gasteiger partial charge in [0.05, 0.1) is 11.1 Å². The lowest BCUT2D eigenvalue weighted by molar-refractivity contribution is 0.495. The molecule has 0 N–H and O–H groups in total. The molecule has 115 valence electrons. The van der Waals surface area contributed by atoms with Crippen molar-refractivity contribution in [3.05, 3.63) is 29.2 Å².